The fraction of sp³-hybridized carbons (Fsp3) is 0. The smallest absolute Gasteiger partial charge is 0.310 e. The van der Waals surface area contributed by atoms with Gasteiger partial charge in [-0.15, -0.1) is 0 Å². The summed E-state index contributed by atoms with van der Waals surface area (Å²) in [5.74, 6) is 0. The first-order valence-electron chi connectivity index (χ1n) is 0.765. The molecule has 0 saturated carbocycles. The summed E-state index contributed by atoms with van der Waals surface area (Å²) >= 11 is 0. The Kier molecular flexibility index (Phi) is 59.2. The number of hydrogen-bond donors (Lipinski definition) is 2. The molecule has 7 heavy (non-hydrogen) atoms. The van der Waals surface area contributed by atoms with E-state index >= 15 is 0 Å². The second-order valence-electron chi connectivity index (χ2n) is 0.163. The van der Waals surface area contributed by atoms with E-state index in [1.54, 1.807) is 0 Å². The van der Waals surface area contributed by atoms with E-state index in [1.807, 2.05) is 0 Å². The van der Waals surface area contributed by atoms with Crippen LogP contribution in [0.4, 0.5) is 0 Å². The third-order valence-corrected chi connectivity index (χ3v) is 0. The minimum Gasteiger partial charge on any atom is -0.310 e. The summed E-state index contributed by atoms with van der Waals surface area (Å²) in [7, 11) is -1.67. The van der Waals surface area contributed by atoms with E-state index in [4.69, 9.17) is 18.9 Å². The van der Waals surface area contributed by atoms with Crippen molar-refractivity contribution in [3.05, 3.63) is 0 Å². The van der Waals surface area contributed by atoms with Gasteiger partial charge in [0, 0.05) is 0 Å². The summed E-state index contributed by atoms with van der Waals surface area (Å²) in [6.45, 7) is 0. The zero-order valence-electron chi connectivity index (χ0n) is 3.31. The van der Waals surface area contributed by atoms with Crippen molar-refractivity contribution in [2.75, 3.05) is 0 Å². The van der Waals surface area contributed by atoms with Crippen LogP contribution in [-0.4, -0.2) is 47.5 Å². The molecule has 0 saturated heterocycles. The van der Waals surface area contributed by atoms with E-state index in [0.717, 1.165) is 0 Å². The molecular formula is H2CaO4P2+2. The third-order valence-electron chi connectivity index (χ3n) is 0. The topological polar surface area (TPSA) is 74.6 Å². The normalized spacial score (nSPS) is 6.00. The van der Waals surface area contributed by atoms with Crippen molar-refractivity contribution in [1.82, 2.24) is 0 Å². The summed E-state index contributed by atoms with van der Waals surface area (Å²) < 4.78 is 16.9. The molecule has 4 nitrogen and oxygen atoms in total. The summed E-state index contributed by atoms with van der Waals surface area (Å²) in [6, 6.07) is 0. The molecule has 0 fully saturated rings. The Bertz CT molecular complexity index is 30.7. The molecule has 0 unspecified atom stereocenters. The van der Waals surface area contributed by atoms with Crippen molar-refractivity contribution >= 4 is 55.1 Å². The average Bonchev–Trinajstić information content (AvgIpc) is 1.39. The molecule has 0 aliphatic rings. The summed E-state index contributed by atoms with van der Waals surface area (Å²) in [4.78, 5) is 14.0. The SMILES string of the molecule is O=PO.O=PO.[Ca+2]. The number of rotatable bonds is 0. The summed E-state index contributed by atoms with van der Waals surface area (Å²) in [5, 5.41) is 0. The molecule has 0 amide bonds. The van der Waals surface area contributed by atoms with Gasteiger partial charge in [-0.25, -0.2) is 9.13 Å². The Morgan fingerprint density at radius 3 is 1.00 bits per heavy atom. The molecule has 0 aliphatic carbocycles. The predicted octanol–water partition coefficient (Wildman–Crippen LogP) is -0.0100. The van der Waals surface area contributed by atoms with Gasteiger partial charge in [0.25, 0.3) is 0 Å². The van der Waals surface area contributed by atoms with Gasteiger partial charge in [-0.05, 0) is 0 Å². The van der Waals surface area contributed by atoms with Crippen LogP contribution in [0.2, 0.25) is 0 Å². The Labute approximate surface area is 73.5 Å². The molecule has 0 heterocycles. The Morgan fingerprint density at radius 1 is 1.00 bits per heavy atom. The van der Waals surface area contributed by atoms with Crippen LogP contribution < -0.4 is 0 Å². The quantitative estimate of drug-likeness (QED) is 0.394. The maximum atomic E-state index is 8.46. The molecule has 7 heteroatoms. The van der Waals surface area contributed by atoms with Crippen molar-refractivity contribution in [3.8, 4) is 0 Å². The van der Waals surface area contributed by atoms with Gasteiger partial charge in [0.1, 0.15) is 0 Å². The van der Waals surface area contributed by atoms with Gasteiger partial charge in [0.05, 0.1) is 0 Å². The number of hydrogen-bond acceptors (Lipinski definition) is 2. The molecule has 0 radical (unpaired) electrons. The molecule has 2 N–H and O–H groups in total. The van der Waals surface area contributed by atoms with E-state index in [0.29, 0.717) is 0 Å². The fourth-order valence-corrected chi connectivity index (χ4v) is 0. The predicted molar refractivity (Wildman–Crippen MR) is 25.4 cm³/mol. The zero-order valence-corrected chi connectivity index (χ0v) is 7.31. The van der Waals surface area contributed by atoms with Crippen molar-refractivity contribution in [2.45, 2.75) is 0 Å². The van der Waals surface area contributed by atoms with Crippen LogP contribution in [0.3, 0.4) is 0 Å². The first-order valence-corrected chi connectivity index (χ1v) is 2.30. The molecule has 0 aromatic heterocycles. The van der Waals surface area contributed by atoms with Gasteiger partial charge in [-0.1, -0.05) is 0 Å². The van der Waals surface area contributed by atoms with Crippen molar-refractivity contribution in [1.29, 1.82) is 0 Å². The largest absolute Gasteiger partial charge is 2.00 e. The molecule has 0 aliphatic heterocycles. The second-order valence-corrected chi connectivity index (χ2v) is 0.490. The maximum absolute atomic E-state index is 8.46. The van der Waals surface area contributed by atoms with Crippen molar-refractivity contribution < 1.29 is 18.9 Å². The zero-order chi connectivity index (χ0) is 5.41. The van der Waals surface area contributed by atoms with Crippen LogP contribution in [0.1, 0.15) is 0 Å². The first-order chi connectivity index (χ1) is 2.83. The van der Waals surface area contributed by atoms with Crippen LogP contribution >= 0.6 is 17.4 Å². The van der Waals surface area contributed by atoms with E-state index in [2.05, 4.69) is 0 Å². The second kappa shape index (κ2) is 26.3. The van der Waals surface area contributed by atoms with E-state index in [9.17, 15) is 0 Å². The molecule has 0 spiro atoms. The molecule has 0 aromatic rings. The molecule has 0 rings (SSSR count). The van der Waals surface area contributed by atoms with Gasteiger partial charge in [-0.3, -0.25) is 0 Å². The van der Waals surface area contributed by atoms with Crippen molar-refractivity contribution in [3.63, 3.8) is 0 Å². The summed E-state index contributed by atoms with van der Waals surface area (Å²) in [6.07, 6.45) is 0. The third kappa shape index (κ3) is 112. The van der Waals surface area contributed by atoms with Gasteiger partial charge in [0.2, 0.25) is 0 Å². The summed E-state index contributed by atoms with van der Waals surface area (Å²) in [5.41, 5.74) is 0. The Balaban J connectivity index is -0.0000000400. The van der Waals surface area contributed by atoms with Gasteiger partial charge in [-0.2, -0.15) is 0 Å². The van der Waals surface area contributed by atoms with Crippen LogP contribution in [-0.2, 0) is 9.13 Å². The molecule has 0 atom stereocenters. The minimum atomic E-state index is -0.833. The first kappa shape index (κ1) is 15.8. The molecular weight excluding hydrogens is 166 g/mol. The fourth-order valence-electron chi connectivity index (χ4n) is 0. The average molecular weight is 168 g/mol. The van der Waals surface area contributed by atoms with Crippen LogP contribution in [0.25, 0.3) is 0 Å². The molecule has 0 bridgehead atoms. The van der Waals surface area contributed by atoms with E-state index in [-0.39, 0.29) is 37.7 Å². The standard InChI is InChI=1S/Ca.2HO2P/c;2*1-3-2/h;2*(H,1,2)/q+2;;. The maximum Gasteiger partial charge on any atom is 2.00 e. The van der Waals surface area contributed by atoms with Gasteiger partial charge < -0.3 is 9.79 Å². The Morgan fingerprint density at radius 2 is 1.00 bits per heavy atom. The molecule has 36 valence electrons. The Hall–Kier alpha value is 1.38. The van der Waals surface area contributed by atoms with E-state index in [1.165, 1.54) is 0 Å². The van der Waals surface area contributed by atoms with Gasteiger partial charge >= 0.3 is 55.1 Å². The van der Waals surface area contributed by atoms with Crippen LogP contribution in [0.15, 0.2) is 0 Å². The van der Waals surface area contributed by atoms with Crippen LogP contribution in [0, 0.1) is 0 Å². The monoisotopic (exact) mass is 168 g/mol. The van der Waals surface area contributed by atoms with Gasteiger partial charge in [0.15, 0.2) is 0 Å². The minimum absolute atomic E-state index is 0. The van der Waals surface area contributed by atoms with E-state index < -0.39 is 17.4 Å². The molecule has 0 aromatic carbocycles. The van der Waals surface area contributed by atoms with Crippen LogP contribution in [0.5, 0.6) is 0 Å². The van der Waals surface area contributed by atoms with Crippen molar-refractivity contribution in [2.24, 2.45) is 0 Å².